The molecule has 1 heterocycles. The lowest BCUT2D eigenvalue weighted by Gasteiger charge is -2.34. The molecule has 1 fully saturated rings. The minimum absolute atomic E-state index is 0.0420. The number of carbonyl (C=O) groups excluding carboxylic acids is 3. The zero-order valence-electron chi connectivity index (χ0n) is 17.5. The molecule has 1 aliphatic heterocycles. The number of benzene rings is 1. The first-order valence-electron chi connectivity index (χ1n) is 9.41. The second kappa shape index (κ2) is 11.4. The predicted molar refractivity (Wildman–Crippen MR) is 113 cm³/mol. The molecule has 0 aromatic heterocycles. The lowest BCUT2D eigenvalue weighted by Crippen LogP contribution is -2.51. The Morgan fingerprint density at radius 1 is 1.07 bits per heavy atom. The average molecular weight is 438 g/mol. The number of amides is 2. The molecule has 0 saturated carbocycles. The smallest absolute Gasteiger partial charge is 0.410 e. The monoisotopic (exact) mass is 437 g/mol. The van der Waals surface area contributed by atoms with E-state index in [1.54, 1.807) is 29.2 Å². The van der Waals surface area contributed by atoms with E-state index in [4.69, 9.17) is 4.74 Å². The Labute approximate surface area is 179 Å². The third kappa shape index (κ3) is 7.25. The second-order valence-electron chi connectivity index (χ2n) is 6.95. The Hall–Kier alpha value is -2.75. The van der Waals surface area contributed by atoms with Gasteiger partial charge in [-0.2, -0.15) is 0 Å². The molecule has 1 aliphatic rings. The van der Waals surface area contributed by atoms with Crippen LogP contribution in [0.2, 0.25) is 0 Å². The fourth-order valence-electron chi connectivity index (χ4n) is 2.78. The molecule has 0 unspecified atom stereocenters. The minimum atomic E-state index is -0.461. The van der Waals surface area contributed by atoms with Crippen LogP contribution in [0.3, 0.4) is 0 Å². The van der Waals surface area contributed by atoms with E-state index in [-0.39, 0.29) is 35.9 Å². The van der Waals surface area contributed by atoms with Crippen molar-refractivity contribution in [2.24, 2.45) is 4.99 Å². The zero-order valence-corrected chi connectivity index (χ0v) is 18.3. The molecule has 30 heavy (non-hydrogen) atoms. The number of ether oxygens (including phenoxy) is 2. The van der Waals surface area contributed by atoms with Gasteiger partial charge in [0.25, 0.3) is 0 Å². The third-order valence-electron chi connectivity index (χ3n) is 4.43. The topological polar surface area (TPSA) is 112 Å². The zero-order chi connectivity index (χ0) is 22.1. The number of aliphatic imine (C=N–C) groups is 1. The molecule has 0 N–H and O–H groups in total. The maximum Gasteiger partial charge on any atom is 0.410 e. The first-order chi connectivity index (χ1) is 14.3. The molecule has 1 aromatic carbocycles. The van der Waals surface area contributed by atoms with Crippen LogP contribution in [0.15, 0.2) is 29.3 Å². The SMILES string of the molecule is COC(=O)c1ccc(COC(=O)N2CCN(C(=O)CN=C([O-])C[S+](C)C)CC2)cc1. The molecule has 164 valence electrons. The van der Waals surface area contributed by atoms with E-state index >= 15 is 0 Å². The number of nitrogens with zero attached hydrogens (tertiary/aromatic N) is 3. The van der Waals surface area contributed by atoms with Gasteiger partial charge < -0.3 is 24.4 Å². The first-order valence-corrected chi connectivity index (χ1v) is 11.6. The fraction of sp³-hybridized carbons (Fsp3) is 0.500. The summed E-state index contributed by atoms with van der Waals surface area (Å²) in [4.78, 5) is 42.8. The van der Waals surface area contributed by atoms with E-state index in [2.05, 4.69) is 9.73 Å². The summed E-state index contributed by atoms with van der Waals surface area (Å²) in [6.45, 7) is 1.38. The van der Waals surface area contributed by atoms with Gasteiger partial charge in [0, 0.05) is 32.1 Å². The summed E-state index contributed by atoms with van der Waals surface area (Å²) in [6.07, 6.45) is 3.44. The quantitative estimate of drug-likeness (QED) is 0.255. The number of piperazine rings is 1. The summed E-state index contributed by atoms with van der Waals surface area (Å²) in [5.74, 6) is -0.533. The Morgan fingerprint density at radius 3 is 2.23 bits per heavy atom. The van der Waals surface area contributed by atoms with Crippen LogP contribution in [0.25, 0.3) is 0 Å². The van der Waals surface area contributed by atoms with Gasteiger partial charge in [0.15, 0.2) is 0 Å². The molecule has 0 atom stereocenters. The summed E-state index contributed by atoms with van der Waals surface area (Å²) < 4.78 is 9.95. The van der Waals surface area contributed by atoms with Crippen molar-refractivity contribution in [3.05, 3.63) is 35.4 Å². The van der Waals surface area contributed by atoms with Crippen molar-refractivity contribution in [2.45, 2.75) is 6.61 Å². The molecule has 2 amide bonds. The molecular formula is C20H27N3O6S. The van der Waals surface area contributed by atoms with Crippen molar-refractivity contribution in [1.82, 2.24) is 9.80 Å². The molecule has 0 aliphatic carbocycles. The van der Waals surface area contributed by atoms with Crippen LogP contribution in [-0.4, -0.2) is 91.8 Å². The maximum absolute atomic E-state index is 12.3. The Balaban J connectivity index is 1.74. The van der Waals surface area contributed by atoms with Crippen LogP contribution < -0.4 is 5.11 Å². The molecule has 1 aromatic rings. The number of methoxy groups -OCH3 is 1. The summed E-state index contributed by atoms with van der Waals surface area (Å²) in [5, 5.41) is 11.6. The predicted octanol–water partition coefficient (Wildman–Crippen LogP) is -0.109. The maximum atomic E-state index is 12.3. The van der Waals surface area contributed by atoms with Gasteiger partial charge in [-0.15, -0.1) is 0 Å². The Bertz CT molecular complexity index is 773. The highest BCUT2D eigenvalue weighted by Gasteiger charge is 2.24. The molecular weight excluding hydrogens is 410 g/mol. The van der Waals surface area contributed by atoms with Crippen LogP contribution in [0.4, 0.5) is 4.79 Å². The van der Waals surface area contributed by atoms with Crippen LogP contribution in [0.1, 0.15) is 15.9 Å². The van der Waals surface area contributed by atoms with Gasteiger partial charge >= 0.3 is 12.1 Å². The number of carbonyl (C=O) groups is 3. The highest BCUT2D eigenvalue weighted by atomic mass is 32.2. The van der Waals surface area contributed by atoms with Gasteiger partial charge in [-0.3, -0.25) is 9.79 Å². The minimum Gasteiger partial charge on any atom is -0.859 e. The van der Waals surface area contributed by atoms with Gasteiger partial charge in [0.05, 0.1) is 25.2 Å². The van der Waals surface area contributed by atoms with E-state index in [0.717, 1.165) is 5.56 Å². The van der Waals surface area contributed by atoms with Gasteiger partial charge in [-0.25, -0.2) is 9.59 Å². The lowest BCUT2D eigenvalue weighted by molar-refractivity contribution is -0.215. The largest absolute Gasteiger partial charge is 0.859 e. The number of hydrogen-bond acceptors (Lipinski definition) is 7. The van der Waals surface area contributed by atoms with Gasteiger partial charge in [-0.05, 0) is 28.6 Å². The fourth-order valence-corrected chi connectivity index (χ4v) is 3.36. The lowest BCUT2D eigenvalue weighted by atomic mass is 10.1. The van der Waals surface area contributed by atoms with Crippen molar-refractivity contribution in [2.75, 3.05) is 58.1 Å². The van der Waals surface area contributed by atoms with Crippen molar-refractivity contribution in [3.8, 4) is 0 Å². The molecule has 9 nitrogen and oxygen atoms in total. The summed E-state index contributed by atoms with van der Waals surface area (Å²) in [6, 6.07) is 6.61. The van der Waals surface area contributed by atoms with Gasteiger partial charge in [-0.1, -0.05) is 12.1 Å². The van der Waals surface area contributed by atoms with E-state index in [1.165, 1.54) is 12.0 Å². The van der Waals surface area contributed by atoms with Crippen molar-refractivity contribution in [1.29, 1.82) is 0 Å². The summed E-state index contributed by atoms with van der Waals surface area (Å²) >= 11 is 0. The number of hydrogen-bond donors (Lipinski definition) is 0. The van der Waals surface area contributed by atoms with Crippen LogP contribution in [0, 0.1) is 0 Å². The summed E-state index contributed by atoms with van der Waals surface area (Å²) in [7, 11) is 1.27. The van der Waals surface area contributed by atoms with E-state index in [1.807, 2.05) is 12.5 Å². The Morgan fingerprint density at radius 2 is 1.67 bits per heavy atom. The van der Waals surface area contributed by atoms with Crippen molar-refractivity contribution < 1.29 is 29.0 Å². The highest BCUT2D eigenvalue weighted by molar-refractivity contribution is 7.96. The van der Waals surface area contributed by atoms with Crippen molar-refractivity contribution in [3.63, 3.8) is 0 Å². The second-order valence-corrected chi connectivity index (χ2v) is 9.21. The van der Waals surface area contributed by atoms with Crippen LogP contribution in [-0.2, 0) is 31.8 Å². The standard InChI is InChI=1S/C20H27N3O6S/c1-28-19(26)16-6-4-15(5-7-16)13-29-20(27)23-10-8-22(9-11-23)18(25)12-21-17(24)14-30(2)3/h4-7H,8-14H2,1-3H3. The highest BCUT2D eigenvalue weighted by Crippen LogP contribution is 2.10. The molecule has 0 bridgehead atoms. The summed E-state index contributed by atoms with van der Waals surface area (Å²) in [5.41, 5.74) is 1.17. The van der Waals surface area contributed by atoms with Gasteiger partial charge in [0.2, 0.25) is 5.91 Å². The van der Waals surface area contributed by atoms with Gasteiger partial charge in [0.1, 0.15) is 18.9 Å². The molecule has 0 radical (unpaired) electrons. The Kier molecular flexibility index (Phi) is 8.97. The van der Waals surface area contributed by atoms with Crippen LogP contribution >= 0.6 is 0 Å². The van der Waals surface area contributed by atoms with E-state index in [0.29, 0.717) is 37.5 Å². The van der Waals surface area contributed by atoms with Crippen molar-refractivity contribution >= 4 is 34.8 Å². The molecule has 10 heteroatoms. The molecule has 1 saturated heterocycles. The van der Waals surface area contributed by atoms with E-state index < -0.39 is 12.1 Å². The normalized spacial score (nSPS) is 14.6. The van der Waals surface area contributed by atoms with Crippen LogP contribution in [0.5, 0.6) is 0 Å². The van der Waals surface area contributed by atoms with E-state index in [9.17, 15) is 19.5 Å². The number of esters is 1. The average Bonchev–Trinajstić information content (AvgIpc) is 2.75. The third-order valence-corrected chi connectivity index (χ3v) is 5.26. The number of rotatable bonds is 7. The molecule has 2 rings (SSSR count). The molecule has 0 spiro atoms. The first kappa shape index (κ1) is 23.5.